The van der Waals surface area contributed by atoms with E-state index in [1.807, 2.05) is 30.7 Å². The predicted octanol–water partition coefficient (Wildman–Crippen LogP) is 4.11. The third kappa shape index (κ3) is 3.41. The first-order valence-electron chi connectivity index (χ1n) is 6.77. The fourth-order valence-corrected chi connectivity index (χ4v) is 3.56. The third-order valence-electron chi connectivity index (χ3n) is 3.18. The predicted molar refractivity (Wildman–Crippen MR) is 85.3 cm³/mol. The van der Waals surface area contributed by atoms with Crippen LogP contribution in [0.1, 0.15) is 35.6 Å². The molecule has 6 heteroatoms. The van der Waals surface area contributed by atoms with Crippen LogP contribution >= 0.6 is 23.4 Å². The summed E-state index contributed by atoms with van der Waals surface area (Å²) >= 11 is 7.83. The summed E-state index contributed by atoms with van der Waals surface area (Å²) < 4.78 is 1.89. The van der Waals surface area contributed by atoms with Crippen LogP contribution in [0.25, 0.3) is 0 Å². The van der Waals surface area contributed by atoms with E-state index in [1.165, 1.54) is 11.8 Å². The molecule has 0 aliphatic carbocycles. The zero-order chi connectivity index (χ0) is 15.4. The van der Waals surface area contributed by atoms with E-state index >= 15 is 0 Å². The van der Waals surface area contributed by atoms with Gasteiger partial charge in [0.15, 0.2) is 0 Å². The maximum Gasteiger partial charge on any atom is 0.336 e. The first-order valence-corrected chi connectivity index (χ1v) is 8.14. The molecule has 1 heterocycles. The Balaban J connectivity index is 2.25. The second-order valence-electron chi connectivity index (χ2n) is 4.47. The van der Waals surface area contributed by atoms with Crippen molar-refractivity contribution in [1.29, 1.82) is 0 Å². The Kier molecular flexibility index (Phi) is 5.31. The molecule has 1 aromatic carbocycles. The second kappa shape index (κ2) is 7.00. The SMILES string of the molecule is CCc1nn(CC)c(CSc2ccccc2C(=O)O)c1Cl. The van der Waals surface area contributed by atoms with E-state index in [0.29, 0.717) is 16.3 Å². The normalized spacial score (nSPS) is 10.8. The summed E-state index contributed by atoms with van der Waals surface area (Å²) in [5.41, 5.74) is 2.15. The molecular weight excluding hydrogens is 308 g/mol. The Bertz CT molecular complexity index is 655. The third-order valence-corrected chi connectivity index (χ3v) is 4.70. The van der Waals surface area contributed by atoms with E-state index < -0.39 is 5.97 Å². The van der Waals surface area contributed by atoms with Crippen molar-refractivity contribution in [3.05, 3.63) is 46.2 Å². The van der Waals surface area contributed by atoms with Gasteiger partial charge in [-0.3, -0.25) is 4.68 Å². The van der Waals surface area contributed by atoms with Crippen LogP contribution in [0, 0.1) is 0 Å². The summed E-state index contributed by atoms with van der Waals surface area (Å²) in [6, 6.07) is 6.99. The lowest BCUT2D eigenvalue weighted by Gasteiger charge is -2.07. The van der Waals surface area contributed by atoms with Crippen molar-refractivity contribution in [1.82, 2.24) is 9.78 Å². The van der Waals surface area contributed by atoms with E-state index in [-0.39, 0.29) is 0 Å². The van der Waals surface area contributed by atoms with Crippen molar-refractivity contribution in [2.75, 3.05) is 0 Å². The minimum atomic E-state index is -0.914. The summed E-state index contributed by atoms with van der Waals surface area (Å²) in [5.74, 6) is -0.313. The van der Waals surface area contributed by atoms with Crippen LogP contribution in [-0.4, -0.2) is 20.9 Å². The lowest BCUT2D eigenvalue weighted by Crippen LogP contribution is -2.03. The van der Waals surface area contributed by atoms with Gasteiger partial charge >= 0.3 is 5.97 Å². The summed E-state index contributed by atoms with van der Waals surface area (Å²) in [6.45, 7) is 4.78. The van der Waals surface area contributed by atoms with Crippen molar-refractivity contribution in [2.45, 2.75) is 37.5 Å². The van der Waals surface area contributed by atoms with Crippen molar-refractivity contribution in [2.24, 2.45) is 0 Å². The second-order valence-corrected chi connectivity index (χ2v) is 5.86. The molecule has 21 heavy (non-hydrogen) atoms. The lowest BCUT2D eigenvalue weighted by atomic mass is 10.2. The molecule has 1 aromatic heterocycles. The van der Waals surface area contributed by atoms with E-state index in [2.05, 4.69) is 5.10 Å². The minimum absolute atomic E-state index is 0.317. The molecule has 0 aliphatic rings. The van der Waals surface area contributed by atoms with Crippen LogP contribution < -0.4 is 0 Å². The molecule has 2 rings (SSSR count). The first kappa shape index (κ1) is 15.9. The van der Waals surface area contributed by atoms with Crippen LogP contribution in [0.2, 0.25) is 5.02 Å². The van der Waals surface area contributed by atoms with Crippen molar-refractivity contribution in [3.8, 4) is 0 Å². The lowest BCUT2D eigenvalue weighted by molar-refractivity contribution is 0.0693. The molecule has 0 aliphatic heterocycles. The molecule has 0 amide bonds. The van der Waals surface area contributed by atoms with Gasteiger partial charge in [-0.25, -0.2) is 4.79 Å². The van der Waals surface area contributed by atoms with Gasteiger partial charge in [0.2, 0.25) is 0 Å². The Labute approximate surface area is 133 Å². The Morgan fingerprint density at radius 1 is 1.38 bits per heavy atom. The number of aromatic nitrogens is 2. The highest BCUT2D eigenvalue weighted by molar-refractivity contribution is 7.98. The number of hydrogen-bond acceptors (Lipinski definition) is 3. The van der Waals surface area contributed by atoms with Crippen LogP contribution in [0.15, 0.2) is 29.2 Å². The number of nitrogens with zero attached hydrogens (tertiary/aromatic N) is 2. The molecule has 0 unspecified atom stereocenters. The molecule has 0 bridgehead atoms. The largest absolute Gasteiger partial charge is 0.478 e. The van der Waals surface area contributed by atoms with Gasteiger partial charge in [-0.05, 0) is 25.5 Å². The van der Waals surface area contributed by atoms with E-state index in [1.54, 1.807) is 12.1 Å². The molecule has 0 fully saturated rings. The molecule has 4 nitrogen and oxygen atoms in total. The number of carboxylic acids is 1. The molecule has 1 N–H and O–H groups in total. The zero-order valence-corrected chi connectivity index (χ0v) is 13.5. The number of carboxylic acid groups (broad SMARTS) is 1. The van der Waals surface area contributed by atoms with Crippen LogP contribution in [0.5, 0.6) is 0 Å². The number of aromatic carboxylic acids is 1. The van der Waals surface area contributed by atoms with Crippen LogP contribution in [0.4, 0.5) is 0 Å². The molecule has 0 spiro atoms. The minimum Gasteiger partial charge on any atom is -0.478 e. The summed E-state index contributed by atoms with van der Waals surface area (Å²) in [7, 11) is 0. The Hall–Kier alpha value is -1.46. The number of rotatable bonds is 6. The molecule has 2 aromatic rings. The van der Waals surface area contributed by atoms with Crippen molar-refractivity contribution < 1.29 is 9.90 Å². The van der Waals surface area contributed by atoms with Crippen LogP contribution in [0.3, 0.4) is 0 Å². The highest BCUT2D eigenvalue weighted by atomic mass is 35.5. The number of benzene rings is 1. The van der Waals surface area contributed by atoms with Crippen molar-refractivity contribution in [3.63, 3.8) is 0 Å². The van der Waals surface area contributed by atoms with Crippen LogP contribution in [-0.2, 0) is 18.7 Å². The average Bonchev–Trinajstić information content (AvgIpc) is 2.80. The van der Waals surface area contributed by atoms with E-state index in [9.17, 15) is 9.90 Å². The van der Waals surface area contributed by atoms with Gasteiger partial charge in [-0.2, -0.15) is 5.10 Å². The number of thioether (sulfide) groups is 1. The smallest absolute Gasteiger partial charge is 0.336 e. The first-order chi connectivity index (χ1) is 10.1. The molecule has 112 valence electrons. The quantitative estimate of drug-likeness (QED) is 0.812. The number of carbonyl (C=O) groups is 1. The monoisotopic (exact) mass is 324 g/mol. The molecule has 0 saturated heterocycles. The fraction of sp³-hybridized carbons (Fsp3) is 0.333. The Morgan fingerprint density at radius 2 is 2.10 bits per heavy atom. The topological polar surface area (TPSA) is 55.1 Å². The van der Waals surface area contributed by atoms with Gasteiger partial charge in [-0.1, -0.05) is 30.7 Å². The van der Waals surface area contributed by atoms with Gasteiger partial charge in [0.1, 0.15) is 0 Å². The maximum atomic E-state index is 11.2. The molecule has 0 atom stereocenters. The molecule has 0 radical (unpaired) electrons. The number of halogens is 1. The maximum absolute atomic E-state index is 11.2. The summed E-state index contributed by atoms with van der Waals surface area (Å²) in [5, 5.41) is 14.4. The molecular formula is C15H17ClN2O2S. The number of aryl methyl sites for hydroxylation is 2. The standard InChI is InChI=1S/C15H17ClN2O2S/c1-3-11-14(16)12(18(4-2)17-11)9-21-13-8-6-5-7-10(13)15(19)20/h5-8H,3-4,9H2,1-2H3,(H,19,20). The molecule has 0 saturated carbocycles. The van der Waals surface area contributed by atoms with Gasteiger partial charge < -0.3 is 5.11 Å². The summed E-state index contributed by atoms with van der Waals surface area (Å²) in [4.78, 5) is 12.0. The van der Waals surface area contributed by atoms with Gasteiger partial charge in [0, 0.05) is 17.2 Å². The van der Waals surface area contributed by atoms with Gasteiger partial charge in [0.25, 0.3) is 0 Å². The van der Waals surface area contributed by atoms with Gasteiger partial charge in [-0.15, -0.1) is 11.8 Å². The zero-order valence-electron chi connectivity index (χ0n) is 12.0. The van der Waals surface area contributed by atoms with E-state index in [4.69, 9.17) is 11.6 Å². The van der Waals surface area contributed by atoms with E-state index in [0.717, 1.165) is 29.2 Å². The van der Waals surface area contributed by atoms with Gasteiger partial charge in [0.05, 0.1) is 22.0 Å². The Morgan fingerprint density at radius 3 is 2.71 bits per heavy atom. The van der Waals surface area contributed by atoms with Crippen molar-refractivity contribution >= 4 is 29.3 Å². The fourth-order valence-electron chi connectivity index (χ4n) is 2.07. The average molecular weight is 325 g/mol. The highest BCUT2D eigenvalue weighted by Crippen LogP contribution is 2.31. The summed E-state index contributed by atoms with van der Waals surface area (Å²) in [6.07, 6.45) is 0.787. The number of hydrogen-bond donors (Lipinski definition) is 1. The highest BCUT2D eigenvalue weighted by Gasteiger charge is 2.16.